The molecule has 0 saturated carbocycles. The maximum atomic E-state index is 12.4. The number of carbonyl (C=O) groups is 2. The molecule has 0 aliphatic heterocycles. The van der Waals surface area contributed by atoms with Crippen molar-refractivity contribution in [2.45, 2.75) is 40.2 Å². The van der Waals surface area contributed by atoms with Crippen molar-refractivity contribution in [1.29, 1.82) is 0 Å². The predicted molar refractivity (Wildman–Crippen MR) is 95.3 cm³/mol. The fraction of sp³-hybridized carbons (Fsp3) is 0.316. The van der Waals surface area contributed by atoms with Crippen LogP contribution in [0.25, 0.3) is 0 Å². The summed E-state index contributed by atoms with van der Waals surface area (Å²) >= 11 is 0. The molecule has 2 amide bonds. The maximum Gasteiger partial charge on any atom is 0.274 e. The Bertz CT molecular complexity index is 756. The van der Waals surface area contributed by atoms with E-state index < -0.39 is 0 Å². The molecule has 0 unspecified atom stereocenters. The van der Waals surface area contributed by atoms with Gasteiger partial charge < -0.3 is 10.6 Å². The van der Waals surface area contributed by atoms with Crippen molar-refractivity contribution in [2.75, 3.05) is 5.32 Å². The number of anilines is 1. The van der Waals surface area contributed by atoms with Gasteiger partial charge in [-0.3, -0.25) is 9.59 Å². The molecular weight excluding hydrogens is 302 g/mol. The number of pyridine rings is 1. The Morgan fingerprint density at radius 2 is 1.46 bits per heavy atom. The zero-order chi connectivity index (χ0) is 17.9. The summed E-state index contributed by atoms with van der Waals surface area (Å²) < 4.78 is 0. The second-order valence-electron chi connectivity index (χ2n) is 6.94. The van der Waals surface area contributed by atoms with Crippen LogP contribution in [0.4, 0.5) is 5.69 Å². The van der Waals surface area contributed by atoms with Gasteiger partial charge in [0.25, 0.3) is 11.8 Å². The van der Waals surface area contributed by atoms with Gasteiger partial charge in [-0.25, -0.2) is 4.98 Å². The standard InChI is InChI=1S/C19H23N3O2/c1-12-9-13(2)11-14(10-12)20-17(23)15-7-6-8-16(21-15)18(24)22-19(3,4)5/h6-11H,1-5H3,(H,20,23)(H,22,24). The largest absolute Gasteiger partial charge is 0.346 e. The Hall–Kier alpha value is -2.69. The second kappa shape index (κ2) is 6.83. The van der Waals surface area contributed by atoms with Gasteiger partial charge in [0.2, 0.25) is 0 Å². The average Bonchev–Trinajstić information content (AvgIpc) is 2.44. The molecule has 0 radical (unpaired) electrons. The van der Waals surface area contributed by atoms with Crippen molar-refractivity contribution in [2.24, 2.45) is 0 Å². The quantitative estimate of drug-likeness (QED) is 0.907. The highest BCUT2D eigenvalue weighted by atomic mass is 16.2. The molecule has 1 heterocycles. The van der Waals surface area contributed by atoms with E-state index in [4.69, 9.17) is 0 Å². The molecule has 126 valence electrons. The summed E-state index contributed by atoms with van der Waals surface area (Å²) in [5, 5.41) is 5.65. The van der Waals surface area contributed by atoms with Crippen LogP contribution in [0.5, 0.6) is 0 Å². The number of benzene rings is 1. The van der Waals surface area contributed by atoms with Gasteiger partial charge in [0.1, 0.15) is 11.4 Å². The molecule has 0 spiro atoms. The smallest absolute Gasteiger partial charge is 0.274 e. The fourth-order valence-corrected chi connectivity index (χ4v) is 2.33. The molecule has 0 bridgehead atoms. The Morgan fingerprint density at radius 1 is 0.917 bits per heavy atom. The molecule has 1 aromatic heterocycles. The van der Waals surface area contributed by atoms with Crippen LogP contribution in [0.15, 0.2) is 36.4 Å². The Kier molecular flexibility index (Phi) is 5.02. The zero-order valence-corrected chi connectivity index (χ0v) is 14.7. The third-order valence-corrected chi connectivity index (χ3v) is 3.18. The minimum atomic E-state index is -0.365. The molecule has 0 atom stereocenters. The minimum Gasteiger partial charge on any atom is -0.346 e. The molecule has 5 nitrogen and oxygen atoms in total. The van der Waals surface area contributed by atoms with Crippen LogP contribution in [0, 0.1) is 13.8 Å². The summed E-state index contributed by atoms with van der Waals surface area (Å²) in [7, 11) is 0. The molecule has 0 saturated heterocycles. The highest BCUT2D eigenvalue weighted by Crippen LogP contribution is 2.15. The highest BCUT2D eigenvalue weighted by Gasteiger charge is 2.17. The van der Waals surface area contributed by atoms with Crippen LogP contribution in [0.1, 0.15) is 52.9 Å². The first kappa shape index (κ1) is 17.7. The average molecular weight is 325 g/mol. The van der Waals surface area contributed by atoms with E-state index in [0.717, 1.165) is 11.1 Å². The van der Waals surface area contributed by atoms with E-state index in [-0.39, 0.29) is 28.7 Å². The lowest BCUT2D eigenvalue weighted by atomic mass is 10.1. The number of hydrogen-bond donors (Lipinski definition) is 2. The van der Waals surface area contributed by atoms with Gasteiger partial charge in [-0.15, -0.1) is 0 Å². The van der Waals surface area contributed by atoms with Crippen molar-refractivity contribution in [3.63, 3.8) is 0 Å². The number of amides is 2. The molecule has 1 aromatic carbocycles. The first-order valence-corrected chi connectivity index (χ1v) is 7.83. The van der Waals surface area contributed by atoms with E-state index in [1.54, 1.807) is 18.2 Å². The van der Waals surface area contributed by atoms with Gasteiger partial charge in [-0.05, 0) is 70.0 Å². The van der Waals surface area contributed by atoms with Crippen LogP contribution >= 0.6 is 0 Å². The van der Waals surface area contributed by atoms with Crippen LogP contribution in [0.3, 0.4) is 0 Å². The van der Waals surface area contributed by atoms with Crippen LogP contribution < -0.4 is 10.6 Å². The summed E-state index contributed by atoms with van der Waals surface area (Å²) in [6, 6.07) is 10.6. The third kappa shape index (κ3) is 4.91. The molecule has 0 aliphatic rings. The molecular formula is C19H23N3O2. The molecule has 24 heavy (non-hydrogen) atoms. The minimum absolute atomic E-state index is 0.204. The summed E-state index contributed by atoms with van der Waals surface area (Å²) in [5.74, 6) is -0.644. The summed E-state index contributed by atoms with van der Waals surface area (Å²) in [6.07, 6.45) is 0. The van der Waals surface area contributed by atoms with Crippen molar-refractivity contribution in [3.8, 4) is 0 Å². The molecule has 0 aliphatic carbocycles. The zero-order valence-electron chi connectivity index (χ0n) is 14.7. The first-order valence-electron chi connectivity index (χ1n) is 7.83. The number of rotatable bonds is 3. The van der Waals surface area contributed by atoms with Gasteiger partial charge in [0.15, 0.2) is 0 Å². The van der Waals surface area contributed by atoms with E-state index in [1.165, 1.54) is 0 Å². The third-order valence-electron chi connectivity index (χ3n) is 3.18. The number of carbonyl (C=O) groups excluding carboxylic acids is 2. The fourth-order valence-electron chi connectivity index (χ4n) is 2.33. The molecule has 0 fully saturated rings. The summed E-state index contributed by atoms with van der Waals surface area (Å²) in [5.41, 5.74) is 2.90. The number of nitrogens with one attached hydrogen (secondary N) is 2. The monoisotopic (exact) mass is 325 g/mol. The molecule has 2 aromatic rings. The van der Waals surface area contributed by atoms with Gasteiger partial charge in [-0.1, -0.05) is 12.1 Å². The van der Waals surface area contributed by atoms with Gasteiger partial charge in [0.05, 0.1) is 0 Å². The topological polar surface area (TPSA) is 71.1 Å². The molecule has 2 rings (SSSR count). The van der Waals surface area contributed by atoms with Crippen LogP contribution in [-0.4, -0.2) is 22.3 Å². The number of aryl methyl sites for hydroxylation is 2. The van der Waals surface area contributed by atoms with Gasteiger partial charge in [-0.2, -0.15) is 0 Å². The lowest BCUT2D eigenvalue weighted by Crippen LogP contribution is -2.41. The van der Waals surface area contributed by atoms with E-state index in [9.17, 15) is 9.59 Å². The van der Waals surface area contributed by atoms with E-state index in [0.29, 0.717) is 5.69 Å². The summed E-state index contributed by atoms with van der Waals surface area (Å²) in [6.45, 7) is 9.61. The van der Waals surface area contributed by atoms with E-state index in [2.05, 4.69) is 15.6 Å². The second-order valence-corrected chi connectivity index (χ2v) is 6.94. The molecule has 2 N–H and O–H groups in total. The number of aromatic nitrogens is 1. The predicted octanol–water partition coefficient (Wildman–Crippen LogP) is 3.48. The van der Waals surface area contributed by atoms with Crippen molar-refractivity contribution >= 4 is 17.5 Å². The van der Waals surface area contributed by atoms with Crippen molar-refractivity contribution < 1.29 is 9.59 Å². The lowest BCUT2D eigenvalue weighted by Gasteiger charge is -2.20. The molecule has 5 heteroatoms. The van der Waals surface area contributed by atoms with Crippen LogP contribution in [-0.2, 0) is 0 Å². The first-order chi connectivity index (χ1) is 11.1. The SMILES string of the molecule is Cc1cc(C)cc(NC(=O)c2cccc(C(=O)NC(C)(C)C)n2)c1. The van der Waals surface area contributed by atoms with Crippen LogP contribution in [0.2, 0.25) is 0 Å². The van der Waals surface area contributed by atoms with Crippen molar-refractivity contribution in [3.05, 3.63) is 58.9 Å². The Balaban J connectivity index is 2.18. The summed E-state index contributed by atoms with van der Waals surface area (Å²) in [4.78, 5) is 28.7. The van der Waals surface area contributed by atoms with Gasteiger partial charge >= 0.3 is 0 Å². The van der Waals surface area contributed by atoms with E-state index in [1.807, 2.05) is 52.8 Å². The Morgan fingerprint density at radius 3 is 2.00 bits per heavy atom. The maximum absolute atomic E-state index is 12.4. The number of nitrogens with zero attached hydrogens (tertiary/aromatic N) is 1. The number of hydrogen-bond acceptors (Lipinski definition) is 3. The normalized spacial score (nSPS) is 11.0. The van der Waals surface area contributed by atoms with Crippen molar-refractivity contribution in [1.82, 2.24) is 10.3 Å². The Labute approximate surface area is 142 Å². The lowest BCUT2D eigenvalue weighted by molar-refractivity contribution is 0.0914. The van der Waals surface area contributed by atoms with Gasteiger partial charge in [0, 0.05) is 11.2 Å². The van der Waals surface area contributed by atoms with E-state index >= 15 is 0 Å². The highest BCUT2D eigenvalue weighted by molar-refractivity contribution is 6.04.